The number of Topliss-reactive ketones (excluding diaryl/α,β-unsaturated/α-hetero) is 1. The molecule has 5 nitrogen and oxygen atoms in total. The molecule has 0 unspecified atom stereocenters. The summed E-state index contributed by atoms with van der Waals surface area (Å²) in [6, 6.07) is 6.32. The summed E-state index contributed by atoms with van der Waals surface area (Å²) in [4.78, 5) is 20.0. The smallest absolute Gasteiger partial charge is 0.169 e. The number of nitrogens with zero attached hydrogens (tertiary/aromatic N) is 4. The minimum Gasteiger partial charge on any atom is -0.306 e. The quantitative estimate of drug-likeness (QED) is 0.625. The van der Waals surface area contributed by atoms with Crippen LogP contribution < -0.4 is 0 Å². The lowest BCUT2D eigenvalue weighted by Crippen LogP contribution is -2.33. The average molecular weight is 389 g/mol. The first-order valence-electron chi connectivity index (χ1n) is 10.3. The lowest BCUT2D eigenvalue weighted by molar-refractivity contribution is 0.0858. The Morgan fingerprint density at radius 3 is 2.62 bits per heavy atom. The second-order valence-electron chi connectivity index (χ2n) is 8.09. The first kappa shape index (κ1) is 19.5. The Hall–Kier alpha value is -2.79. The minimum absolute atomic E-state index is 0.0901. The molecular formula is C24H28N4O. The standard InChI is InChI=1S/C24H28N4O/c1-5-20(21-12-16(2)14-25-17(21)3)19-8-11-28-23(13-19)22(15-26-28)24(29)18-6-9-27(4)10-7-18/h5,8,11-15,18H,6-7,9-10H2,1-4H3/b20-5-. The Bertz CT molecular complexity index is 1090. The van der Waals surface area contributed by atoms with Crippen molar-refractivity contribution in [3.8, 4) is 0 Å². The van der Waals surface area contributed by atoms with Gasteiger partial charge in [-0.2, -0.15) is 5.10 Å². The highest BCUT2D eigenvalue weighted by atomic mass is 16.1. The summed E-state index contributed by atoms with van der Waals surface area (Å²) in [5.74, 6) is 0.313. The van der Waals surface area contributed by atoms with Gasteiger partial charge >= 0.3 is 0 Å². The number of aromatic nitrogens is 3. The number of hydrogen-bond acceptors (Lipinski definition) is 4. The van der Waals surface area contributed by atoms with Crippen LogP contribution in [-0.4, -0.2) is 45.4 Å². The number of likely N-dealkylation sites (tertiary alicyclic amines) is 1. The summed E-state index contributed by atoms with van der Waals surface area (Å²) in [5, 5.41) is 4.43. The van der Waals surface area contributed by atoms with Crippen LogP contribution in [-0.2, 0) is 0 Å². The van der Waals surface area contributed by atoms with Gasteiger partial charge < -0.3 is 4.90 Å². The van der Waals surface area contributed by atoms with E-state index in [1.54, 1.807) is 10.7 Å². The van der Waals surface area contributed by atoms with E-state index in [4.69, 9.17) is 0 Å². The molecule has 5 heteroatoms. The fourth-order valence-corrected chi connectivity index (χ4v) is 4.22. The van der Waals surface area contributed by atoms with E-state index >= 15 is 0 Å². The molecule has 3 aromatic heterocycles. The molecule has 29 heavy (non-hydrogen) atoms. The normalized spacial score (nSPS) is 16.5. The zero-order chi connectivity index (χ0) is 20.5. The molecule has 4 rings (SSSR count). The van der Waals surface area contributed by atoms with E-state index in [1.165, 1.54) is 0 Å². The molecule has 0 amide bonds. The fourth-order valence-electron chi connectivity index (χ4n) is 4.22. The number of carbonyl (C=O) groups excluding carboxylic acids is 1. The molecule has 0 aliphatic carbocycles. The number of allylic oxidation sites excluding steroid dienone is 1. The Kier molecular flexibility index (Phi) is 5.33. The van der Waals surface area contributed by atoms with Crippen molar-refractivity contribution in [2.45, 2.75) is 33.6 Å². The maximum absolute atomic E-state index is 13.2. The maximum atomic E-state index is 13.2. The summed E-state index contributed by atoms with van der Waals surface area (Å²) >= 11 is 0. The molecule has 0 atom stereocenters. The molecular weight excluding hydrogens is 360 g/mol. The van der Waals surface area contributed by atoms with Crippen LogP contribution in [0.15, 0.2) is 42.9 Å². The highest BCUT2D eigenvalue weighted by Gasteiger charge is 2.26. The summed E-state index contributed by atoms with van der Waals surface area (Å²) in [6.45, 7) is 8.08. The van der Waals surface area contributed by atoms with Gasteiger partial charge in [0.25, 0.3) is 0 Å². The lowest BCUT2D eigenvalue weighted by Gasteiger charge is -2.27. The van der Waals surface area contributed by atoms with E-state index in [0.29, 0.717) is 0 Å². The fraction of sp³-hybridized carbons (Fsp3) is 0.375. The lowest BCUT2D eigenvalue weighted by atomic mass is 9.89. The monoisotopic (exact) mass is 388 g/mol. The van der Waals surface area contributed by atoms with Crippen LogP contribution in [0, 0.1) is 19.8 Å². The van der Waals surface area contributed by atoms with Crippen molar-refractivity contribution >= 4 is 16.9 Å². The number of fused-ring (bicyclic) bond motifs is 1. The first-order chi connectivity index (χ1) is 14.0. The van der Waals surface area contributed by atoms with Crippen molar-refractivity contribution in [1.29, 1.82) is 0 Å². The van der Waals surface area contributed by atoms with Crippen LogP contribution in [0.5, 0.6) is 0 Å². The van der Waals surface area contributed by atoms with E-state index in [9.17, 15) is 4.79 Å². The van der Waals surface area contributed by atoms with Crippen molar-refractivity contribution < 1.29 is 4.79 Å². The molecule has 1 saturated heterocycles. The second kappa shape index (κ2) is 7.91. The van der Waals surface area contributed by atoms with Gasteiger partial charge in [0.1, 0.15) is 0 Å². The molecule has 0 aromatic carbocycles. The van der Waals surface area contributed by atoms with Crippen LogP contribution in [0.25, 0.3) is 11.1 Å². The van der Waals surface area contributed by atoms with Gasteiger partial charge in [-0.1, -0.05) is 6.08 Å². The highest BCUT2D eigenvalue weighted by Crippen LogP contribution is 2.29. The predicted molar refractivity (Wildman–Crippen MR) is 116 cm³/mol. The molecule has 150 valence electrons. The summed E-state index contributed by atoms with van der Waals surface area (Å²) < 4.78 is 1.81. The van der Waals surface area contributed by atoms with E-state index in [2.05, 4.69) is 53.2 Å². The predicted octanol–water partition coefficient (Wildman–Crippen LogP) is 4.32. The molecule has 0 spiro atoms. The van der Waals surface area contributed by atoms with Gasteiger partial charge in [0.05, 0.1) is 17.3 Å². The van der Waals surface area contributed by atoms with Crippen molar-refractivity contribution in [3.63, 3.8) is 0 Å². The van der Waals surface area contributed by atoms with Gasteiger partial charge in [0.15, 0.2) is 5.78 Å². The molecule has 0 bridgehead atoms. The van der Waals surface area contributed by atoms with Gasteiger partial charge in [0.2, 0.25) is 0 Å². The third-order valence-corrected chi connectivity index (χ3v) is 5.99. The van der Waals surface area contributed by atoms with Crippen LogP contribution in [0.2, 0.25) is 0 Å². The first-order valence-corrected chi connectivity index (χ1v) is 10.3. The molecule has 1 fully saturated rings. The molecule has 0 saturated carbocycles. The minimum atomic E-state index is 0.0901. The number of carbonyl (C=O) groups is 1. The molecule has 3 aromatic rings. The average Bonchev–Trinajstić information content (AvgIpc) is 3.14. The second-order valence-corrected chi connectivity index (χ2v) is 8.09. The van der Waals surface area contributed by atoms with E-state index in [1.807, 2.05) is 26.2 Å². The largest absolute Gasteiger partial charge is 0.306 e. The Morgan fingerprint density at radius 1 is 1.14 bits per heavy atom. The van der Waals surface area contributed by atoms with E-state index in [0.717, 1.165) is 65.0 Å². The van der Waals surface area contributed by atoms with Gasteiger partial charge in [-0.25, -0.2) is 4.52 Å². The van der Waals surface area contributed by atoms with Crippen LogP contribution in [0.3, 0.4) is 0 Å². The van der Waals surface area contributed by atoms with Gasteiger partial charge in [-0.3, -0.25) is 9.78 Å². The zero-order valence-electron chi connectivity index (χ0n) is 17.6. The summed E-state index contributed by atoms with van der Waals surface area (Å²) in [6.07, 6.45) is 9.52. The van der Waals surface area contributed by atoms with Gasteiger partial charge in [-0.05, 0) is 88.6 Å². The number of hydrogen-bond donors (Lipinski definition) is 0. The number of pyridine rings is 2. The Morgan fingerprint density at radius 2 is 1.90 bits per heavy atom. The number of rotatable bonds is 4. The Labute approximate surface area is 172 Å². The third kappa shape index (κ3) is 3.75. The molecule has 0 radical (unpaired) electrons. The van der Waals surface area contributed by atoms with Crippen LogP contribution in [0.1, 0.15) is 52.5 Å². The van der Waals surface area contributed by atoms with E-state index < -0.39 is 0 Å². The van der Waals surface area contributed by atoms with Crippen molar-refractivity contribution in [2.75, 3.05) is 20.1 Å². The third-order valence-electron chi connectivity index (χ3n) is 5.99. The number of ketones is 1. The van der Waals surface area contributed by atoms with E-state index in [-0.39, 0.29) is 11.7 Å². The molecule has 0 N–H and O–H groups in total. The summed E-state index contributed by atoms with van der Waals surface area (Å²) in [5.41, 5.74) is 7.07. The maximum Gasteiger partial charge on any atom is 0.169 e. The van der Waals surface area contributed by atoms with Gasteiger partial charge in [-0.15, -0.1) is 0 Å². The number of piperidine rings is 1. The SMILES string of the molecule is C/C=C(/c1ccn2ncc(C(=O)C3CCN(C)CC3)c2c1)c1cc(C)cnc1C. The molecule has 1 aliphatic heterocycles. The molecule has 4 heterocycles. The van der Waals surface area contributed by atoms with Crippen molar-refractivity contribution in [3.05, 3.63) is 70.8 Å². The summed E-state index contributed by atoms with van der Waals surface area (Å²) in [7, 11) is 2.11. The van der Waals surface area contributed by atoms with Crippen LogP contribution >= 0.6 is 0 Å². The van der Waals surface area contributed by atoms with Crippen molar-refractivity contribution in [1.82, 2.24) is 19.5 Å². The zero-order valence-corrected chi connectivity index (χ0v) is 17.6. The Balaban J connectivity index is 1.73. The van der Waals surface area contributed by atoms with Crippen molar-refractivity contribution in [2.24, 2.45) is 5.92 Å². The molecule has 1 aliphatic rings. The highest BCUT2D eigenvalue weighted by molar-refractivity contribution is 6.04. The topological polar surface area (TPSA) is 50.5 Å². The van der Waals surface area contributed by atoms with Crippen LogP contribution in [0.4, 0.5) is 0 Å². The number of aryl methyl sites for hydroxylation is 2. The van der Waals surface area contributed by atoms with Gasteiger partial charge in [0, 0.05) is 29.6 Å².